The van der Waals surface area contributed by atoms with Gasteiger partial charge in [0, 0.05) is 29.9 Å². The second kappa shape index (κ2) is 7.50. The normalized spacial score (nSPS) is 29.1. The summed E-state index contributed by atoms with van der Waals surface area (Å²) in [4.78, 5) is 28.7. The van der Waals surface area contributed by atoms with Crippen molar-refractivity contribution in [2.75, 3.05) is 19.7 Å². The Morgan fingerprint density at radius 1 is 1.10 bits per heavy atom. The number of benzene rings is 1. The van der Waals surface area contributed by atoms with Gasteiger partial charge in [0.2, 0.25) is 11.8 Å². The molecule has 5 rings (SSSR count). The summed E-state index contributed by atoms with van der Waals surface area (Å²) in [6.45, 7) is 0.683. The number of nitrogens with zero attached hydrogens (tertiary/aromatic N) is 2. The van der Waals surface area contributed by atoms with Gasteiger partial charge in [0.25, 0.3) is 0 Å². The molecule has 1 aromatic carbocycles. The van der Waals surface area contributed by atoms with Gasteiger partial charge in [-0.05, 0) is 43.4 Å². The lowest BCUT2D eigenvalue weighted by atomic mass is 9.73. The smallest absolute Gasteiger partial charge is 0.242 e. The molecule has 1 N–H and O–H groups in total. The Hall–Kier alpha value is -2.32. The van der Waals surface area contributed by atoms with Gasteiger partial charge >= 0.3 is 0 Å². The fraction of sp³-hybridized carbons (Fsp3) is 0.583. The van der Waals surface area contributed by atoms with Crippen LogP contribution in [-0.4, -0.2) is 58.5 Å². The maximum Gasteiger partial charge on any atom is 0.242 e. The lowest BCUT2D eigenvalue weighted by Gasteiger charge is -2.58. The molecule has 29 heavy (non-hydrogen) atoms. The van der Waals surface area contributed by atoms with Crippen molar-refractivity contribution in [3.63, 3.8) is 0 Å². The van der Waals surface area contributed by atoms with Crippen molar-refractivity contribution in [1.82, 2.24) is 9.80 Å². The number of piperazine rings is 1. The summed E-state index contributed by atoms with van der Waals surface area (Å²) in [5.41, 5.74) is 2.13. The highest BCUT2D eigenvalue weighted by atomic mass is 16.3. The zero-order valence-corrected chi connectivity index (χ0v) is 16.7. The van der Waals surface area contributed by atoms with E-state index in [1.807, 2.05) is 12.1 Å². The third-order valence-corrected chi connectivity index (χ3v) is 7.06. The van der Waals surface area contributed by atoms with Gasteiger partial charge in [0.1, 0.15) is 0 Å². The van der Waals surface area contributed by atoms with Crippen molar-refractivity contribution >= 4 is 11.8 Å². The first-order valence-electron chi connectivity index (χ1n) is 11.0. The van der Waals surface area contributed by atoms with Crippen LogP contribution in [0.2, 0.25) is 0 Å². The molecule has 2 heterocycles. The van der Waals surface area contributed by atoms with E-state index in [9.17, 15) is 14.7 Å². The molecule has 4 fully saturated rings. The fourth-order valence-corrected chi connectivity index (χ4v) is 5.30. The second-order valence-corrected chi connectivity index (χ2v) is 9.01. The molecule has 1 aromatic rings. The van der Waals surface area contributed by atoms with Crippen molar-refractivity contribution < 1.29 is 14.7 Å². The predicted molar refractivity (Wildman–Crippen MR) is 109 cm³/mol. The van der Waals surface area contributed by atoms with Crippen LogP contribution < -0.4 is 0 Å². The van der Waals surface area contributed by atoms with E-state index in [1.165, 1.54) is 25.7 Å². The summed E-state index contributed by atoms with van der Waals surface area (Å²) in [7, 11) is 0. The van der Waals surface area contributed by atoms with Crippen molar-refractivity contribution in [3.05, 3.63) is 35.4 Å². The zero-order valence-electron chi connectivity index (χ0n) is 16.7. The van der Waals surface area contributed by atoms with E-state index in [4.69, 9.17) is 0 Å². The maximum atomic E-state index is 12.6. The van der Waals surface area contributed by atoms with Crippen LogP contribution in [0.15, 0.2) is 24.3 Å². The van der Waals surface area contributed by atoms with Gasteiger partial charge < -0.3 is 14.9 Å². The molecular weight excluding hydrogens is 364 g/mol. The van der Waals surface area contributed by atoms with E-state index in [0.29, 0.717) is 12.5 Å². The molecule has 2 saturated carbocycles. The molecule has 3 atom stereocenters. The van der Waals surface area contributed by atoms with Crippen molar-refractivity contribution in [2.24, 2.45) is 11.8 Å². The highest BCUT2D eigenvalue weighted by Crippen LogP contribution is 2.43. The van der Waals surface area contributed by atoms with Gasteiger partial charge in [-0.3, -0.25) is 9.59 Å². The van der Waals surface area contributed by atoms with Crippen LogP contribution in [0, 0.1) is 23.7 Å². The Kier molecular flexibility index (Phi) is 4.83. The number of carbonyl (C=O) groups is 2. The Morgan fingerprint density at radius 3 is 2.48 bits per heavy atom. The summed E-state index contributed by atoms with van der Waals surface area (Å²) in [6.07, 6.45) is 6.91. The second-order valence-electron chi connectivity index (χ2n) is 9.01. The number of hydrogen-bond acceptors (Lipinski definition) is 3. The van der Waals surface area contributed by atoms with Crippen LogP contribution in [0.5, 0.6) is 0 Å². The number of hydrogen-bond donors (Lipinski definition) is 1. The minimum atomic E-state index is -0.193. The first kappa shape index (κ1) is 18.7. The monoisotopic (exact) mass is 392 g/mol. The molecule has 0 radical (unpaired) electrons. The lowest BCUT2D eigenvalue weighted by Crippen LogP contribution is -2.73. The predicted octanol–water partition coefficient (Wildman–Crippen LogP) is 2.14. The first-order chi connectivity index (χ1) is 14.2. The van der Waals surface area contributed by atoms with Gasteiger partial charge in [-0.2, -0.15) is 0 Å². The summed E-state index contributed by atoms with van der Waals surface area (Å²) in [5.74, 6) is 7.51. The molecule has 0 spiro atoms. The molecule has 152 valence electrons. The van der Waals surface area contributed by atoms with Gasteiger partial charge in [0.15, 0.2) is 0 Å². The van der Waals surface area contributed by atoms with Gasteiger partial charge in [-0.15, -0.1) is 0 Å². The third kappa shape index (κ3) is 3.44. The van der Waals surface area contributed by atoms with Crippen LogP contribution in [-0.2, 0) is 9.59 Å². The number of carbonyl (C=O) groups excluding carboxylic acids is 2. The summed E-state index contributed by atoms with van der Waals surface area (Å²) in [6, 6.07) is 8.02. The molecule has 0 unspecified atom stereocenters. The number of fused-ring (bicyclic) bond motifs is 1. The highest BCUT2D eigenvalue weighted by Gasteiger charge is 2.55. The summed E-state index contributed by atoms with van der Waals surface area (Å²) < 4.78 is 0. The van der Waals surface area contributed by atoms with E-state index < -0.39 is 0 Å². The zero-order chi connectivity index (χ0) is 20.0. The van der Waals surface area contributed by atoms with Crippen LogP contribution in [0.4, 0.5) is 0 Å². The van der Waals surface area contributed by atoms with E-state index >= 15 is 0 Å². The van der Waals surface area contributed by atoms with Crippen LogP contribution >= 0.6 is 0 Å². The molecule has 2 aliphatic heterocycles. The largest absolute Gasteiger partial charge is 0.394 e. The third-order valence-electron chi connectivity index (χ3n) is 7.06. The Balaban J connectivity index is 1.32. The quantitative estimate of drug-likeness (QED) is 0.802. The minimum Gasteiger partial charge on any atom is -0.394 e. The van der Waals surface area contributed by atoms with Crippen molar-refractivity contribution in [3.8, 4) is 11.8 Å². The number of aliphatic hydroxyl groups is 1. The first-order valence-corrected chi connectivity index (χ1v) is 11.0. The Labute approximate surface area is 172 Å². The number of aliphatic hydroxyl groups excluding tert-OH is 1. The number of rotatable bonds is 3. The Bertz CT molecular complexity index is 858. The van der Waals surface area contributed by atoms with Crippen LogP contribution in [0.25, 0.3) is 0 Å². The van der Waals surface area contributed by atoms with Crippen LogP contribution in [0.3, 0.4) is 0 Å². The fourth-order valence-electron chi connectivity index (χ4n) is 5.30. The lowest BCUT2D eigenvalue weighted by molar-refractivity contribution is -0.167. The Morgan fingerprint density at radius 2 is 1.83 bits per heavy atom. The molecule has 2 amide bonds. The summed E-state index contributed by atoms with van der Waals surface area (Å²) in [5, 5.41) is 9.91. The average Bonchev–Trinajstić information content (AvgIpc) is 3.44. The van der Waals surface area contributed by atoms with E-state index in [-0.39, 0.29) is 48.9 Å². The van der Waals surface area contributed by atoms with Crippen molar-refractivity contribution in [1.29, 1.82) is 0 Å². The summed E-state index contributed by atoms with van der Waals surface area (Å²) >= 11 is 0. The topological polar surface area (TPSA) is 60.9 Å². The molecule has 5 nitrogen and oxygen atoms in total. The van der Waals surface area contributed by atoms with Gasteiger partial charge in [-0.1, -0.05) is 36.8 Å². The maximum absolute atomic E-state index is 12.6. The van der Waals surface area contributed by atoms with E-state index in [0.717, 1.165) is 24.0 Å². The standard InChI is InChI=1S/C24H28N2O3/c27-15-21-23(18-9-7-17(8-10-18)6-5-16-3-1-2-4-16)20-13-25(14-22(28)26(20)21)24(29)19-11-12-19/h7-10,16,19-21,23,27H,1-4,11-15H2/t20-,21-,23-/m0/s1. The number of amides is 2. The van der Waals surface area contributed by atoms with Gasteiger partial charge in [0.05, 0.1) is 25.2 Å². The van der Waals surface area contributed by atoms with Gasteiger partial charge in [-0.25, -0.2) is 0 Å². The van der Waals surface area contributed by atoms with Crippen molar-refractivity contribution in [2.45, 2.75) is 56.5 Å². The highest BCUT2D eigenvalue weighted by molar-refractivity contribution is 5.89. The van der Waals surface area contributed by atoms with E-state index in [1.54, 1.807) is 9.80 Å². The molecule has 5 heteroatoms. The minimum absolute atomic E-state index is 0.0356. The molecular formula is C24H28N2O3. The van der Waals surface area contributed by atoms with E-state index in [2.05, 4.69) is 24.0 Å². The molecule has 0 bridgehead atoms. The van der Waals surface area contributed by atoms with Crippen LogP contribution in [0.1, 0.15) is 55.6 Å². The molecule has 2 saturated heterocycles. The SMILES string of the molecule is O=C(C1CC1)N1CC(=O)N2[C@@H](CO)[C@@H](c3ccc(C#CC4CCCC4)cc3)[C@@H]2C1. The average molecular weight is 392 g/mol. The molecule has 4 aliphatic rings. The molecule has 0 aromatic heterocycles. The molecule has 2 aliphatic carbocycles.